The van der Waals surface area contributed by atoms with Gasteiger partial charge in [-0.1, -0.05) is 36.4 Å². The van der Waals surface area contributed by atoms with Crippen molar-refractivity contribution in [2.24, 2.45) is 0 Å². The molecular weight excluding hydrogens is 334 g/mol. The van der Waals surface area contributed by atoms with Gasteiger partial charge in [0.2, 0.25) is 0 Å². The summed E-state index contributed by atoms with van der Waals surface area (Å²) in [7, 11) is 1.94. The van der Waals surface area contributed by atoms with Crippen molar-refractivity contribution in [3.63, 3.8) is 0 Å². The van der Waals surface area contributed by atoms with Gasteiger partial charge in [-0.05, 0) is 41.5 Å². The lowest BCUT2D eigenvalue weighted by Gasteiger charge is -2.12. The van der Waals surface area contributed by atoms with E-state index in [2.05, 4.69) is 46.0 Å². The highest BCUT2D eigenvalue weighted by Gasteiger charge is 2.12. The van der Waals surface area contributed by atoms with Crippen molar-refractivity contribution in [2.75, 3.05) is 24.2 Å². The first-order valence-corrected chi connectivity index (χ1v) is 8.93. The molecule has 2 aromatic heterocycles. The van der Waals surface area contributed by atoms with E-state index in [1.807, 2.05) is 55.9 Å². The van der Waals surface area contributed by atoms with E-state index in [9.17, 15) is 0 Å². The Morgan fingerprint density at radius 2 is 1.85 bits per heavy atom. The SMILES string of the molecule is CNc1ccccc1/C=C(\CNc1ccccc1)c1coc2ccncc12. The van der Waals surface area contributed by atoms with Crippen LogP contribution in [0.25, 0.3) is 22.6 Å². The van der Waals surface area contributed by atoms with Crippen molar-refractivity contribution in [2.45, 2.75) is 0 Å². The molecule has 0 saturated carbocycles. The zero-order valence-corrected chi connectivity index (χ0v) is 15.1. The molecule has 0 amide bonds. The Balaban J connectivity index is 1.76. The maximum atomic E-state index is 5.75. The molecule has 0 unspecified atom stereocenters. The number of para-hydroxylation sites is 2. The van der Waals surface area contributed by atoms with Crippen LogP contribution in [-0.4, -0.2) is 18.6 Å². The maximum absolute atomic E-state index is 5.75. The fourth-order valence-electron chi connectivity index (χ4n) is 3.14. The van der Waals surface area contributed by atoms with Crippen LogP contribution < -0.4 is 10.6 Å². The number of anilines is 2. The first-order chi connectivity index (χ1) is 13.3. The molecular formula is C23H21N3O. The lowest BCUT2D eigenvalue weighted by molar-refractivity contribution is 0.614. The molecule has 2 heterocycles. The topological polar surface area (TPSA) is 50.1 Å². The van der Waals surface area contributed by atoms with Gasteiger partial charge >= 0.3 is 0 Å². The zero-order valence-electron chi connectivity index (χ0n) is 15.1. The van der Waals surface area contributed by atoms with Gasteiger partial charge in [-0.15, -0.1) is 0 Å². The molecule has 0 fully saturated rings. The number of hydrogen-bond donors (Lipinski definition) is 2. The Hall–Kier alpha value is -3.53. The fourth-order valence-corrected chi connectivity index (χ4v) is 3.14. The summed E-state index contributed by atoms with van der Waals surface area (Å²) in [4.78, 5) is 4.27. The highest BCUT2D eigenvalue weighted by atomic mass is 16.3. The summed E-state index contributed by atoms with van der Waals surface area (Å²) in [5, 5.41) is 7.78. The van der Waals surface area contributed by atoms with Crippen molar-refractivity contribution in [3.05, 3.63) is 90.4 Å². The van der Waals surface area contributed by atoms with Gasteiger partial charge < -0.3 is 15.1 Å². The molecule has 0 atom stereocenters. The van der Waals surface area contributed by atoms with Crippen LogP contribution in [0.2, 0.25) is 0 Å². The zero-order chi connectivity index (χ0) is 18.5. The highest BCUT2D eigenvalue weighted by molar-refractivity contribution is 5.97. The Morgan fingerprint density at radius 1 is 1.04 bits per heavy atom. The van der Waals surface area contributed by atoms with E-state index in [1.165, 1.54) is 0 Å². The summed E-state index contributed by atoms with van der Waals surface area (Å²) < 4.78 is 5.75. The van der Waals surface area contributed by atoms with Crippen LogP contribution in [0.3, 0.4) is 0 Å². The standard InChI is InChI=1S/C23H21N3O/c1-24-22-10-6-5-7-17(22)13-18(14-26-19-8-3-2-4-9-19)21-16-27-23-11-12-25-15-20(21)23/h2-13,15-16,24,26H,14H2,1H3/b18-13+. The summed E-state index contributed by atoms with van der Waals surface area (Å²) in [5.41, 5.74) is 6.31. The summed E-state index contributed by atoms with van der Waals surface area (Å²) in [6.45, 7) is 0.672. The predicted octanol–water partition coefficient (Wildman–Crippen LogP) is 5.52. The molecule has 2 N–H and O–H groups in total. The second kappa shape index (κ2) is 7.79. The van der Waals surface area contributed by atoms with E-state index in [-0.39, 0.29) is 0 Å². The fraction of sp³-hybridized carbons (Fsp3) is 0.0870. The second-order valence-electron chi connectivity index (χ2n) is 6.25. The van der Waals surface area contributed by atoms with Crippen molar-refractivity contribution in [1.82, 2.24) is 4.98 Å². The monoisotopic (exact) mass is 355 g/mol. The molecule has 0 radical (unpaired) electrons. The van der Waals surface area contributed by atoms with E-state index in [0.717, 1.165) is 39.0 Å². The lowest BCUT2D eigenvalue weighted by atomic mass is 10.0. The van der Waals surface area contributed by atoms with E-state index < -0.39 is 0 Å². The van der Waals surface area contributed by atoms with Gasteiger partial charge in [-0.25, -0.2) is 0 Å². The third-order valence-electron chi connectivity index (χ3n) is 4.54. The average Bonchev–Trinajstić information content (AvgIpc) is 3.16. The summed E-state index contributed by atoms with van der Waals surface area (Å²) in [6, 6.07) is 20.3. The van der Waals surface area contributed by atoms with E-state index in [0.29, 0.717) is 6.54 Å². The van der Waals surface area contributed by atoms with Crippen LogP contribution >= 0.6 is 0 Å². The number of nitrogens with zero attached hydrogens (tertiary/aromatic N) is 1. The normalized spacial score (nSPS) is 11.5. The minimum Gasteiger partial charge on any atom is -0.464 e. The van der Waals surface area contributed by atoms with E-state index >= 15 is 0 Å². The number of rotatable bonds is 6. The van der Waals surface area contributed by atoms with Crippen molar-refractivity contribution in [3.8, 4) is 0 Å². The Morgan fingerprint density at radius 3 is 2.70 bits per heavy atom. The van der Waals surface area contributed by atoms with Crippen molar-refractivity contribution in [1.29, 1.82) is 0 Å². The van der Waals surface area contributed by atoms with Crippen molar-refractivity contribution < 1.29 is 4.42 Å². The largest absolute Gasteiger partial charge is 0.464 e. The Bertz CT molecular complexity index is 1070. The molecule has 4 nitrogen and oxygen atoms in total. The smallest absolute Gasteiger partial charge is 0.137 e. The van der Waals surface area contributed by atoms with E-state index in [1.54, 1.807) is 6.20 Å². The number of benzene rings is 2. The maximum Gasteiger partial charge on any atom is 0.137 e. The van der Waals surface area contributed by atoms with Gasteiger partial charge in [-0.3, -0.25) is 4.98 Å². The number of furan rings is 1. The molecule has 4 heteroatoms. The summed E-state index contributed by atoms with van der Waals surface area (Å²) >= 11 is 0. The number of fused-ring (bicyclic) bond motifs is 1. The van der Waals surface area contributed by atoms with Crippen molar-refractivity contribution >= 4 is 34.0 Å². The first-order valence-electron chi connectivity index (χ1n) is 8.93. The minimum absolute atomic E-state index is 0.672. The average molecular weight is 355 g/mol. The van der Waals surface area contributed by atoms with Gasteiger partial charge in [0.25, 0.3) is 0 Å². The lowest BCUT2D eigenvalue weighted by Crippen LogP contribution is -2.04. The van der Waals surface area contributed by atoms with Gasteiger partial charge in [0.15, 0.2) is 0 Å². The number of pyridine rings is 1. The van der Waals surface area contributed by atoms with Crippen LogP contribution in [-0.2, 0) is 0 Å². The molecule has 4 aromatic rings. The minimum atomic E-state index is 0.672. The number of aromatic nitrogens is 1. The molecule has 0 aliphatic rings. The number of hydrogen-bond acceptors (Lipinski definition) is 4. The first kappa shape index (κ1) is 16.9. The molecule has 0 aliphatic heterocycles. The van der Waals surface area contributed by atoms with E-state index in [4.69, 9.17) is 4.42 Å². The van der Waals surface area contributed by atoms with Crippen LogP contribution in [0.4, 0.5) is 11.4 Å². The molecule has 2 aromatic carbocycles. The van der Waals surface area contributed by atoms with Crippen LogP contribution in [0, 0.1) is 0 Å². The third-order valence-corrected chi connectivity index (χ3v) is 4.54. The molecule has 0 bridgehead atoms. The third kappa shape index (κ3) is 3.70. The Labute approximate surface area is 158 Å². The quantitative estimate of drug-likeness (QED) is 0.478. The van der Waals surface area contributed by atoms with Crippen LogP contribution in [0.5, 0.6) is 0 Å². The Kier molecular flexibility index (Phi) is 4.88. The molecule has 134 valence electrons. The molecule has 0 spiro atoms. The highest BCUT2D eigenvalue weighted by Crippen LogP contribution is 2.30. The van der Waals surface area contributed by atoms with Gasteiger partial charge in [-0.2, -0.15) is 0 Å². The van der Waals surface area contributed by atoms with Crippen LogP contribution in [0.1, 0.15) is 11.1 Å². The molecule has 0 saturated heterocycles. The van der Waals surface area contributed by atoms with Gasteiger partial charge in [0.1, 0.15) is 5.58 Å². The molecule has 4 rings (SSSR count). The second-order valence-corrected chi connectivity index (χ2v) is 6.25. The molecule has 27 heavy (non-hydrogen) atoms. The number of nitrogens with one attached hydrogen (secondary N) is 2. The predicted molar refractivity (Wildman–Crippen MR) is 113 cm³/mol. The summed E-state index contributed by atoms with van der Waals surface area (Å²) in [5.74, 6) is 0. The van der Waals surface area contributed by atoms with Gasteiger partial charge in [0.05, 0.1) is 6.26 Å². The molecule has 0 aliphatic carbocycles. The summed E-state index contributed by atoms with van der Waals surface area (Å²) in [6.07, 6.45) is 7.61. The van der Waals surface area contributed by atoms with Gasteiger partial charge in [0, 0.05) is 48.3 Å². The van der Waals surface area contributed by atoms with Crippen LogP contribution in [0.15, 0.2) is 83.7 Å².